The summed E-state index contributed by atoms with van der Waals surface area (Å²) < 4.78 is 0.797. The fraction of sp³-hybridized carbons (Fsp3) is 0.333. The van der Waals surface area contributed by atoms with Gasteiger partial charge in [0, 0.05) is 16.4 Å². The van der Waals surface area contributed by atoms with E-state index < -0.39 is 5.54 Å². The third-order valence-corrected chi connectivity index (χ3v) is 2.49. The van der Waals surface area contributed by atoms with Crippen LogP contribution in [-0.4, -0.2) is 11.4 Å². The van der Waals surface area contributed by atoms with Gasteiger partial charge in [-0.1, -0.05) is 15.9 Å². The Labute approximate surface area is 109 Å². The topological polar surface area (TPSA) is 78.9 Å². The van der Waals surface area contributed by atoms with E-state index in [2.05, 4.69) is 21.2 Å². The molecule has 0 aliphatic carbocycles. The van der Waals surface area contributed by atoms with E-state index in [1.165, 1.54) is 0 Å². The molecule has 4 nitrogen and oxygen atoms in total. The van der Waals surface area contributed by atoms with E-state index in [0.29, 0.717) is 11.3 Å². The molecule has 0 saturated carbocycles. The molecular formula is C12H14BrN3O. The number of hydrogen-bond acceptors (Lipinski definition) is 3. The van der Waals surface area contributed by atoms with Crippen LogP contribution in [-0.2, 0) is 4.79 Å². The van der Waals surface area contributed by atoms with Gasteiger partial charge < -0.3 is 11.1 Å². The monoisotopic (exact) mass is 295 g/mol. The highest BCUT2D eigenvalue weighted by Crippen LogP contribution is 2.20. The second-order valence-corrected chi connectivity index (χ2v) is 5.43. The second kappa shape index (κ2) is 5.30. The molecule has 1 amide bonds. The van der Waals surface area contributed by atoms with Gasteiger partial charge in [0.25, 0.3) is 0 Å². The van der Waals surface area contributed by atoms with Crippen LogP contribution in [0.4, 0.5) is 5.69 Å². The summed E-state index contributed by atoms with van der Waals surface area (Å²) in [5.74, 6) is -0.198. The molecule has 0 heterocycles. The molecule has 0 atom stereocenters. The molecule has 0 fully saturated rings. The maximum Gasteiger partial charge on any atom is 0.226 e. The molecule has 3 N–H and O–H groups in total. The van der Waals surface area contributed by atoms with Gasteiger partial charge in [-0.05, 0) is 32.0 Å². The Kier molecular flexibility index (Phi) is 4.27. The van der Waals surface area contributed by atoms with Crippen LogP contribution in [0.25, 0.3) is 0 Å². The average Bonchev–Trinajstić information content (AvgIpc) is 2.17. The van der Waals surface area contributed by atoms with E-state index >= 15 is 0 Å². The Hall–Kier alpha value is -1.38. The third kappa shape index (κ3) is 4.55. The normalized spacial score (nSPS) is 10.8. The maximum atomic E-state index is 11.7. The quantitative estimate of drug-likeness (QED) is 0.898. The molecule has 1 aromatic carbocycles. The van der Waals surface area contributed by atoms with E-state index in [1.54, 1.807) is 32.0 Å². The summed E-state index contributed by atoms with van der Waals surface area (Å²) in [5, 5.41) is 11.6. The molecule has 1 aromatic rings. The van der Waals surface area contributed by atoms with Gasteiger partial charge in [0.1, 0.15) is 6.07 Å². The van der Waals surface area contributed by atoms with Gasteiger partial charge in [-0.15, -0.1) is 0 Å². The Bertz CT molecular complexity index is 472. The van der Waals surface area contributed by atoms with Gasteiger partial charge in [-0.3, -0.25) is 4.79 Å². The second-order valence-electron chi connectivity index (χ2n) is 4.52. The van der Waals surface area contributed by atoms with Crippen LogP contribution in [0.15, 0.2) is 22.7 Å². The minimum absolute atomic E-state index is 0.198. The molecule has 0 saturated heterocycles. The van der Waals surface area contributed by atoms with E-state index in [0.717, 1.165) is 4.47 Å². The summed E-state index contributed by atoms with van der Waals surface area (Å²) in [4.78, 5) is 11.7. The molecule has 0 aliphatic heterocycles. The van der Waals surface area contributed by atoms with Crippen molar-refractivity contribution < 1.29 is 4.79 Å². The smallest absolute Gasteiger partial charge is 0.226 e. The number of nitrogens with two attached hydrogens (primary N) is 1. The predicted octanol–water partition coefficient (Wildman–Crippen LogP) is 2.39. The van der Waals surface area contributed by atoms with Crippen LogP contribution < -0.4 is 11.1 Å². The van der Waals surface area contributed by atoms with Crippen molar-refractivity contribution in [1.29, 1.82) is 5.26 Å². The lowest BCUT2D eigenvalue weighted by Crippen LogP contribution is -2.36. The molecule has 0 unspecified atom stereocenters. The van der Waals surface area contributed by atoms with Crippen LogP contribution in [0.5, 0.6) is 0 Å². The molecule has 0 aliphatic rings. The Morgan fingerprint density at radius 1 is 1.59 bits per heavy atom. The number of nitrogens with one attached hydrogen (secondary N) is 1. The van der Waals surface area contributed by atoms with Crippen molar-refractivity contribution in [2.24, 2.45) is 5.73 Å². The third-order valence-electron chi connectivity index (χ3n) is 1.99. The largest absolute Gasteiger partial charge is 0.325 e. The van der Waals surface area contributed by atoms with Crippen molar-refractivity contribution in [1.82, 2.24) is 0 Å². The number of halogens is 1. The first kappa shape index (κ1) is 13.7. The fourth-order valence-corrected chi connectivity index (χ4v) is 1.69. The van der Waals surface area contributed by atoms with Gasteiger partial charge >= 0.3 is 0 Å². The molecule has 17 heavy (non-hydrogen) atoms. The number of carbonyl (C=O) groups is 1. The maximum absolute atomic E-state index is 11.7. The number of carbonyl (C=O) groups excluding carboxylic acids is 1. The van der Waals surface area contributed by atoms with Gasteiger partial charge in [0.05, 0.1) is 11.3 Å². The van der Waals surface area contributed by atoms with Crippen molar-refractivity contribution in [2.75, 3.05) is 5.32 Å². The van der Waals surface area contributed by atoms with E-state index in [-0.39, 0.29) is 12.3 Å². The summed E-state index contributed by atoms with van der Waals surface area (Å²) in [6, 6.07) is 7.14. The van der Waals surface area contributed by atoms with Crippen LogP contribution >= 0.6 is 15.9 Å². The highest BCUT2D eigenvalue weighted by atomic mass is 79.9. The number of nitriles is 1. The molecular weight excluding hydrogens is 282 g/mol. The first-order chi connectivity index (χ1) is 7.81. The molecule has 1 rings (SSSR count). The minimum atomic E-state index is -0.563. The Balaban J connectivity index is 2.83. The molecule has 0 bridgehead atoms. The fourth-order valence-electron chi connectivity index (χ4n) is 1.33. The summed E-state index contributed by atoms with van der Waals surface area (Å²) >= 11 is 3.27. The first-order valence-electron chi connectivity index (χ1n) is 5.10. The van der Waals surface area contributed by atoms with E-state index in [9.17, 15) is 4.79 Å². The van der Waals surface area contributed by atoms with Crippen LogP contribution in [0.2, 0.25) is 0 Å². The number of anilines is 1. The van der Waals surface area contributed by atoms with Gasteiger partial charge in [-0.2, -0.15) is 5.26 Å². The molecule has 90 valence electrons. The Morgan fingerprint density at radius 3 is 2.76 bits per heavy atom. The summed E-state index contributed by atoms with van der Waals surface area (Å²) in [6.07, 6.45) is 0.202. The summed E-state index contributed by atoms with van der Waals surface area (Å²) in [5.41, 5.74) is 6.11. The number of benzene rings is 1. The van der Waals surface area contributed by atoms with Crippen LogP contribution in [0.1, 0.15) is 25.8 Å². The van der Waals surface area contributed by atoms with E-state index in [4.69, 9.17) is 11.0 Å². The van der Waals surface area contributed by atoms with Gasteiger partial charge in [-0.25, -0.2) is 0 Å². The number of amides is 1. The van der Waals surface area contributed by atoms with Crippen LogP contribution in [0, 0.1) is 11.3 Å². The zero-order chi connectivity index (χ0) is 13.1. The molecule has 0 spiro atoms. The lowest BCUT2D eigenvalue weighted by molar-refractivity contribution is -0.117. The van der Waals surface area contributed by atoms with Crippen molar-refractivity contribution in [3.05, 3.63) is 28.2 Å². The van der Waals surface area contributed by atoms with Gasteiger partial charge in [0.15, 0.2) is 0 Å². The van der Waals surface area contributed by atoms with Crippen LogP contribution in [0.3, 0.4) is 0 Å². The van der Waals surface area contributed by atoms with Gasteiger partial charge in [0.2, 0.25) is 5.91 Å². The van der Waals surface area contributed by atoms with Crippen molar-refractivity contribution in [3.63, 3.8) is 0 Å². The lowest BCUT2D eigenvalue weighted by atomic mass is 10.0. The molecule has 0 aromatic heterocycles. The molecule has 0 radical (unpaired) electrons. The van der Waals surface area contributed by atoms with Crippen molar-refractivity contribution in [2.45, 2.75) is 25.8 Å². The minimum Gasteiger partial charge on any atom is -0.325 e. The predicted molar refractivity (Wildman–Crippen MR) is 70.4 cm³/mol. The number of nitrogens with zero attached hydrogens (tertiary/aromatic N) is 1. The average molecular weight is 296 g/mol. The highest BCUT2D eigenvalue weighted by Gasteiger charge is 2.17. The number of hydrogen-bond donors (Lipinski definition) is 2. The summed E-state index contributed by atoms with van der Waals surface area (Å²) in [7, 11) is 0. The SMILES string of the molecule is CC(C)(N)CC(=O)Nc1ccc(Br)cc1C#N. The van der Waals surface area contributed by atoms with Crippen molar-refractivity contribution in [3.8, 4) is 6.07 Å². The van der Waals surface area contributed by atoms with E-state index in [1.807, 2.05) is 6.07 Å². The Morgan fingerprint density at radius 2 is 2.24 bits per heavy atom. The van der Waals surface area contributed by atoms with Crippen molar-refractivity contribution >= 4 is 27.5 Å². The lowest BCUT2D eigenvalue weighted by Gasteiger charge is -2.17. The number of rotatable bonds is 3. The first-order valence-corrected chi connectivity index (χ1v) is 5.89. The zero-order valence-electron chi connectivity index (χ0n) is 9.75. The summed E-state index contributed by atoms with van der Waals surface area (Å²) in [6.45, 7) is 3.55. The molecule has 5 heteroatoms. The zero-order valence-corrected chi connectivity index (χ0v) is 11.3. The highest BCUT2D eigenvalue weighted by molar-refractivity contribution is 9.10. The standard InChI is InChI=1S/C12H14BrN3O/c1-12(2,15)6-11(17)16-10-4-3-9(13)5-8(10)7-14/h3-5H,6,15H2,1-2H3,(H,16,17).